The van der Waals surface area contributed by atoms with Crippen molar-refractivity contribution in [3.63, 3.8) is 0 Å². The molecule has 3 aromatic carbocycles. The fraction of sp³-hybridized carbons (Fsp3) is 0.120. The van der Waals surface area contributed by atoms with E-state index in [2.05, 4.69) is 27.9 Å². The third kappa shape index (κ3) is 5.65. The zero-order chi connectivity index (χ0) is 23.1. The number of ether oxygens (including phenoxy) is 2. The molecule has 0 aliphatic heterocycles. The molecule has 32 heavy (non-hydrogen) atoms. The van der Waals surface area contributed by atoms with E-state index in [1.54, 1.807) is 55.6 Å². The molecule has 0 saturated heterocycles. The van der Waals surface area contributed by atoms with Gasteiger partial charge in [0.25, 0.3) is 5.91 Å². The summed E-state index contributed by atoms with van der Waals surface area (Å²) in [6.45, 7) is 0. The monoisotopic (exact) mass is 542 g/mol. The molecular weight excluding hydrogens is 522 g/mol. The first-order valence-corrected chi connectivity index (χ1v) is 10.7. The largest absolute Gasteiger partial charge is 0.497 e. The predicted octanol–water partition coefficient (Wildman–Crippen LogP) is 5.58. The Balaban J connectivity index is 1.87. The van der Waals surface area contributed by atoms with Gasteiger partial charge in [0.1, 0.15) is 29.0 Å². The van der Waals surface area contributed by atoms with E-state index in [-0.39, 0.29) is 11.4 Å². The molecule has 0 radical (unpaired) electrons. The van der Waals surface area contributed by atoms with Gasteiger partial charge in [-0.25, -0.2) is 4.39 Å². The van der Waals surface area contributed by atoms with Crippen molar-refractivity contribution in [3.8, 4) is 17.6 Å². The Hall–Kier alpha value is -3.38. The van der Waals surface area contributed by atoms with Crippen LogP contribution in [0.4, 0.5) is 10.1 Å². The molecular formula is C25H20FIN2O3. The van der Waals surface area contributed by atoms with E-state index in [4.69, 9.17) is 9.47 Å². The van der Waals surface area contributed by atoms with Crippen molar-refractivity contribution >= 4 is 40.3 Å². The number of rotatable bonds is 7. The number of anilines is 1. The second-order valence-electron chi connectivity index (χ2n) is 6.80. The first-order chi connectivity index (χ1) is 15.4. The highest BCUT2D eigenvalue weighted by molar-refractivity contribution is 14.1. The number of amides is 1. The van der Waals surface area contributed by atoms with Crippen LogP contribution in [0.25, 0.3) is 6.08 Å². The van der Waals surface area contributed by atoms with Gasteiger partial charge >= 0.3 is 0 Å². The number of nitrogens with one attached hydrogen (secondary N) is 1. The van der Waals surface area contributed by atoms with Crippen LogP contribution in [-0.2, 0) is 11.2 Å². The molecule has 3 rings (SSSR count). The summed E-state index contributed by atoms with van der Waals surface area (Å²) in [7, 11) is 3.09. The normalized spacial score (nSPS) is 10.9. The SMILES string of the molecule is COc1ccc(NC(=O)/C(C#N)=C/c2cc(I)c(Cc3ccccc3F)c(OC)c2)cc1. The maximum atomic E-state index is 14.1. The number of hydrogen-bond donors (Lipinski definition) is 1. The smallest absolute Gasteiger partial charge is 0.266 e. The van der Waals surface area contributed by atoms with Gasteiger partial charge in [-0.1, -0.05) is 18.2 Å². The van der Waals surface area contributed by atoms with Gasteiger partial charge in [0, 0.05) is 21.2 Å². The Labute approximate surface area is 199 Å². The van der Waals surface area contributed by atoms with Crippen molar-refractivity contribution in [1.29, 1.82) is 5.26 Å². The van der Waals surface area contributed by atoms with Gasteiger partial charge in [-0.05, 0) is 82.3 Å². The van der Waals surface area contributed by atoms with Gasteiger partial charge in [0.15, 0.2) is 0 Å². The number of benzene rings is 3. The first kappa shape index (κ1) is 23.3. The molecule has 0 saturated carbocycles. The number of nitrogens with zero attached hydrogens (tertiary/aromatic N) is 1. The van der Waals surface area contributed by atoms with Crippen molar-refractivity contribution in [1.82, 2.24) is 0 Å². The number of carbonyl (C=O) groups is 1. The van der Waals surface area contributed by atoms with Gasteiger partial charge in [-0.3, -0.25) is 4.79 Å². The fourth-order valence-corrected chi connectivity index (χ4v) is 3.90. The third-order valence-corrected chi connectivity index (χ3v) is 5.71. The van der Waals surface area contributed by atoms with Gasteiger partial charge in [0.2, 0.25) is 0 Å². The van der Waals surface area contributed by atoms with Crippen molar-refractivity contribution in [2.24, 2.45) is 0 Å². The summed E-state index contributed by atoms with van der Waals surface area (Å²) < 4.78 is 25.6. The Morgan fingerprint density at radius 2 is 1.84 bits per heavy atom. The van der Waals surface area contributed by atoms with E-state index < -0.39 is 5.91 Å². The molecule has 0 aromatic heterocycles. The zero-order valence-electron chi connectivity index (χ0n) is 17.5. The summed E-state index contributed by atoms with van der Waals surface area (Å²) >= 11 is 2.15. The minimum Gasteiger partial charge on any atom is -0.497 e. The van der Waals surface area contributed by atoms with Crippen LogP contribution in [0.5, 0.6) is 11.5 Å². The lowest BCUT2D eigenvalue weighted by Crippen LogP contribution is -2.13. The van der Waals surface area contributed by atoms with Crippen LogP contribution in [0.3, 0.4) is 0 Å². The molecule has 0 heterocycles. The van der Waals surface area contributed by atoms with Crippen LogP contribution >= 0.6 is 22.6 Å². The molecule has 0 unspecified atom stereocenters. The molecule has 1 amide bonds. The van der Waals surface area contributed by atoms with Crippen molar-refractivity contribution in [2.75, 3.05) is 19.5 Å². The highest BCUT2D eigenvalue weighted by atomic mass is 127. The molecule has 5 nitrogen and oxygen atoms in total. The van der Waals surface area contributed by atoms with E-state index in [0.717, 1.165) is 9.13 Å². The molecule has 0 atom stereocenters. The zero-order valence-corrected chi connectivity index (χ0v) is 19.6. The molecule has 0 bridgehead atoms. The first-order valence-electron chi connectivity index (χ1n) is 9.62. The van der Waals surface area contributed by atoms with E-state index in [1.807, 2.05) is 12.1 Å². The van der Waals surface area contributed by atoms with Crippen molar-refractivity contribution in [2.45, 2.75) is 6.42 Å². The summed E-state index contributed by atoms with van der Waals surface area (Å²) in [4.78, 5) is 12.6. The maximum Gasteiger partial charge on any atom is 0.266 e. The quantitative estimate of drug-likeness (QED) is 0.240. The van der Waals surface area contributed by atoms with Gasteiger partial charge in [-0.15, -0.1) is 0 Å². The summed E-state index contributed by atoms with van der Waals surface area (Å²) in [5, 5.41) is 12.2. The number of hydrogen-bond acceptors (Lipinski definition) is 4. The second-order valence-corrected chi connectivity index (χ2v) is 7.97. The molecule has 0 fully saturated rings. The predicted molar refractivity (Wildman–Crippen MR) is 130 cm³/mol. The van der Waals surface area contributed by atoms with Crippen LogP contribution in [0.15, 0.2) is 66.2 Å². The third-order valence-electron chi connectivity index (χ3n) is 4.75. The Morgan fingerprint density at radius 3 is 2.47 bits per heavy atom. The van der Waals surface area contributed by atoms with Gasteiger partial charge < -0.3 is 14.8 Å². The summed E-state index contributed by atoms with van der Waals surface area (Å²) in [5.41, 5.74) is 2.51. The van der Waals surface area contributed by atoms with Crippen LogP contribution in [-0.4, -0.2) is 20.1 Å². The number of halogens is 2. The standard InChI is InChI=1S/C25H20FIN2O3/c1-31-20-9-7-19(8-10-20)29-25(30)18(15-28)11-16-12-23(27)21(24(13-16)32-2)14-17-5-3-4-6-22(17)26/h3-13H,14H2,1-2H3,(H,29,30)/b18-11+. The lowest BCUT2D eigenvalue weighted by molar-refractivity contribution is -0.112. The average molecular weight is 542 g/mol. The minimum absolute atomic E-state index is 0.0551. The molecule has 3 aromatic rings. The second kappa shape index (κ2) is 10.8. The average Bonchev–Trinajstić information content (AvgIpc) is 2.80. The molecule has 162 valence electrons. The fourth-order valence-electron chi connectivity index (χ4n) is 3.09. The highest BCUT2D eigenvalue weighted by Crippen LogP contribution is 2.30. The minimum atomic E-state index is -0.526. The van der Waals surface area contributed by atoms with Crippen LogP contribution in [0, 0.1) is 20.7 Å². The van der Waals surface area contributed by atoms with Crippen molar-refractivity contribution < 1.29 is 18.7 Å². The van der Waals surface area contributed by atoms with E-state index in [1.165, 1.54) is 19.3 Å². The van der Waals surface area contributed by atoms with E-state index in [9.17, 15) is 14.4 Å². The van der Waals surface area contributed by atoms with Crippen LogP contribution < -0.4 is 14.8 Å². The van der Waals surface area contributed by atoms with Gasteiger partial charge in [0.05, 0.1) is 14.2 Å². The maximum absolute atomic E-state index is 14.1. The number of methoxy groups -OCH3 is 2. The lowest BCUT2D eigenvalue weighted by atomic mass is 10.0. The van der Waals surface area contributed by atoms with E-state index >= 15 is 0 Å². The highest BCUT2D eigenvalue weighted by Gasteiger charge is 2.15. The van der Waals surface area contributed by atoms with Gasteiger partial charge in [-0.2, -0.15) is 5.26 Å². The number of carbonyl (C=O) groups excluding carboxylic acids is 1. The lowest BCUT2D eigenvalue weighted by Gasteiger charge is -2.13. The van der Waals surface area contributed by atoms with Crippen LogP contribution in [0.2, 0.25) is 0 Å². The summed E-state index contributed by atoms with van der Waals surface area (Å²) in [6.07, 6.45) is 1.86. The summed E-state index contributed by atoms with van der Waals surface area (Å²) in [5.74, 6) is 0.411. The Kier molecular flexibility index (Phi) is 7.84. The summed E-state index contributed by atoms with van der Waals surface area (Å²) in [6, 6.07) is 18.9. The Bertz CT molecular complexity index is 1200. The molecule has 0 aliphatic carbocycles. The van der Waals surface area contributed by atoms with Crippen molar-refractivity contribution in [3.05, 3.63) is 92.3 Å². The van der Waals surface area contributed by atoms with E-state index in [0.29, 0.717) is 34.7 Å². The molecule has 1 N–H and O–H groups in total. The molecule has 0 aliphatic rings. The van der Waals surface area contributed by atoms with Crippen LogP contribution in [0.1, 0.15) is 16.7 Å². The number of nitriles is 1. The molecule has 0 spiro atoms. The Morgan fingerprint density at radius 1 is 1.12 bits per heavy atom. The molecule has 7 heteroatoms. The topological polar surface area (TPSA) is 71.3 Å².